The van der Waals surface area contributed by atoms with Crippen molar-refractivity contribution < 1.29 is 0 Å². The molecule has 14 heavy (non-hydrogen) atoms. The summed E-state index contributed by atoms with van der Waals surface area (Å²) in [6.07, 6.45) is 13.1. The summed E-state index contributed by atoms with van der Waals surface area (Å²) < 4.78 is 0. The highest BCUT2D eigenvalue weighted by Crippen LogP contribution is 1.66. The SMILES string of the molecule is Cl.Cl.c1cnccn1.c1cnccn1. The Bertz CT molecular complexity index is 195. The van der Waals surface area contributed by atoms with E-state index in [0.29, 0.717) is 0 Å². The van der Waals surface area contributed by atoms with E-state index in [9.17, 15) is 0 Å². The second-order valence-electron chi connectivity index (χ2n) is 1.79. The third-order valence-electron chi connectivity index (χ3n) is 0.955. The fourth-order valence-corrected chi connectivity index (χ4v) is 0.507. The number of nitrogens with zero attached hydrogens (tertiary/aromatic N) is 4. The molecule has 0 aliphatic rings. The molecule has 0 amide bonds. The Hall–Kier alpha value is -1.26. The fraction of sp³-hybridized carbons (Fsp3) is 0. The van der Waals surface area contributed by atoms with Gasteiger partial charge in [-0.05, 0) is 0 Å². The van der Waals surface area contributed by atoms with Crippen LogP contribution in [0.25, 0.3) is 0 Å². The zero-order valence-corrected chi connectivity index (χ0v) is 8.86. The smallest absolute Gasteiger partial charge is 0.0451 e. The molecule has 76 valence electrons. The highest BCUT2D eigenvalue weighted by molar-refractivity contribution is 5.85. The van der Waals surface area contributed by atoms with Crippen LogP contribution in [0, 0.1) is 0 Å². The van der Waals surface area contributed by atoms with Gasteiger partial charge < -0.3 is 0 Å². The molecule has 0 unspecified atom stereocenters. The van der Waals surface area contributed by atoms with Gasteiger partial charge in [0.05, 0.1) is 0 Å². The van der Waals surface area contributed by atoms with Crippen LogP contribution in [0.15, 0.2) is 49.6 Å². The molecule has 0 saturated heterocycles. The number of halogens is 2. The second-order valence-corrected chi connectivity index (χ2v) is 1.79. The Morgan fingerprint density at radius 3 is 0.571 bits per heavy atom. The maximum absolute atomic E-state index is 3.72. The van der Waals surface area contributed by atoms with Gasteiger partial charge in [-0.15, -0.1) is 24.8 Å². The average Bonchev–Trinajstić information content (AvgIpc) is 2.24. The molecule has 4 nitrogen and oxygen atoms in total. The van der Waals surface area contributed by atoms with E-state index in [1.165, 1.54) is 0 Å². The van der Waals surface area contributed by atoms with Crippen LogP contribution >= 0.6 is 24.8 Å². The van der Waals surface area contributed by atoms with Crippen LogP contribution in [0.2, 0.25) is 0 Å². The van der Waals surface area contributed by atoms with E-state index < -0.39 is 0 Å². The lowest BCUT2D eigenvalue weighted by molar-refractivity contribution is 1.20. The minimum absolute atomic E-state index is 0. The molecule has 0 radical (unpaired) electrons. The topological polar surface area (TPSA) is 51.6 Å². The highest BCUT2D eigenvalue weighted by atomic mass is 35.5. The van der Waals surface area contributed by atoms with Crippen LogP contribution < -0.4 is 0 Å². The molecule has 0 aliphatic carbocycles. The van der Waals surface area contributed by atoms with E-state index in [-0.39, 0.29) is 24.8 Å². The third kappa shape index (κ3) is 8.83. The Morgan fingerprint density at radius 2 is 0.500 bits per heavy atom. The van der Waals surface area contributed by atoms with Gasteiger partial charge >= 0.3 is 0 Å². The summed E-state index contributed by atoms with van der Waals surface area (Å²) in [5, 5.41) is 0. The zero-order chi connectivity index (χ0) is 8.49. The molecule has 0 aliphatic heterocycles. The third-order valence-corrected chi connectivity index (χ3v) is 0.955. The molecule has 0 N–H and O–H groups in total. The fourth-order valence-electron chi connectivity index (χ4n) is 0.507. The molecular weight excluding hydrogens is 223 g/mol. The molecule has 0 fully saturated rings. The number of hydrogen-bond acceptors (Lipinski definition) is 4. The molecule has 0 aromatic carbocycles. The van der Waals surface area contributed by atoms with Crippen molar-refractivity contribution in [2.45, 2.75) is 0 Å². The zero-order valence-electron chi connectivity index (χ0n) is 7.22. The van der Waals surface area contributed by atoms with Gasteiger partial charge in [-0.25, -0.2) is 0 Å². The molecule has 0 saturated carbocycles. The minimum atomic E-state index is 0. The molecule has 6 heteroatoms. The second kappa shape index (κ2) is 11.7. The predicted octanol–water partition coefficient (Wildman–Crippen LogP) is 1.80. The summed E-state index contributed by atoms with van der Waals surface area (Å²) in [5.74, 6) is 0. The first-order valence-electron chi connectivity index (χ1n) is 3.40. The maximum Gasteiger partial charge on any atom is 0.0451 e. The summed E-state index contributed by atoms with van der Waals surface area (Å²) >= 11 is 0. The first-order chi connectivity index (χ1) is 6.00. The Balaban J connectivity index is 0. The number of rotatable bonds is 0. The van der Waals surface area contributed by atoms with E-state index in [0.717, 1.165) is 0 Å². The van der Waals surface area contributed by atoms with Crippen molar-refractivity contribution >= 4 is 24.8 Å². The monoisotopic (exact) mass is 232 g/mol. The first kappa shape index (κ1) is 15.2. The lowest BCUT2D eigenvalue weighted by atomic mass is 10.8. The van der Waals surface area contributed by atoms with Crippen LogP contribution in [0.5, 0.6) is 0 Å². The van der Waals surface area contributed by atoms with E-state index in [1.54, 1.807) is 49.6 Å². The van der Waals surface area contributed by atoms with Crippen LogP contribution in [0.3, 0.4) is 0 Å². The van der Waals surface area contributed by atoms with Crippen molar-refractivity contribution in [1.29, 1.82) is 0 Å². The molecule has 0 bridgehead atoms. The number of hydrogen-bond donors (Lipinski definition) is 0. The molecule has 2 heterocycles. The summed E-state index contributed by atoms with van der Waals surface area (Å²) in [7, 11) is 0. The Labute approximate surface area is 94.7 Å². The summed E-state index contributed by atoms with van der Waals surface area (Å²) in [4.78, 5) is 14.9. The van der Waals surface area contributed by atoms with Crippen LogP contribution in [-0.2, 0) is 0 Å². The van der Waals surface area contributed by atoms with E-state index in [4.69, 9.17) is 0 Å². The van der Waals surface area contributed by atoms with Crippen LogP contribution in [0.1, 0.15) is 0 Å². The minimum Gasteiger partial charge on any atom is -0.262 e. The quantitative estimate of drug-likeness (QED) is 0.696. The van der Waals surface area contributed by atoms with Crippen molar-refractivity contribution in [3.05, 3.63) is 49.6 Å². The Morgan fingerprint density at radius 1 is 0.357 bits per heavy atom. The van der Waals surface area contributed by atoms with Crippen LogP contribution in [0.4, 0.5) is 0 Å². The van der Waals surface area contributed by atoms with E-state index >= 15 is 0 Å². The van der Waals surface area contributed by atoms with Crippen molar-refractivity contribution in [3.8, 4) is 0 Å². The lowest BCUT2D eigenvalue weighted by Crippen LogP contribution is -1.66. The van der Waals surface area contributed by atoms with Gasteiger partial charge in [0.25, 0.3) is 0 Å². The van der Waals surface area contributed by atoms with Crippen molar-refractivity contribution in [3.63, 3.8) is 0 Å². The lowest BCUT2D eigenvalue weighted by Gasteiger charge is -1.70. The molecule has 0 spiro atoms. The summed E-state index contributed by atoms with van der Waals surface area (Å²) in [6.45, 7) is 0. The molecule has 2 aromatic rings. The summed E-state index contributed by atoms with van der Waals surface area (Å²) in [5.41, 5.74) is 0. The summed E-state index contributed by atoms with van der Waals surface area (Å²) in [6, 6.07) is 0. The maximum atomic E-state index is 3.72. The van der Waals surface area contributed by atoms with Gasteiger partial charge in [0.2, 0.25) is 0 Å². The molecule has 2 aromatic heterocycles. The van der Waals surface area contributed by atoms with Crippen LogP contribution in [-0.4, -0.2) is 19.9 Å². The van der Waals surface area contributed by atoms with Gasteiger partial charge in [0, 0.05) is 49.6 Å². The van der Waals surface area contributed by atoms with Crippen molar-refractivity contribution in [2.75, 3.05) is 0 Å². The van der Waals surface area contributed by atoms with E-state index in [1.807, 2.05) is 0 Å². The molecule has 0 atom stereocenters. The van der Waals surface area contributed by atoms with E-state index in [2.05, 4.69) is 19.9 Å². The standard InChI is InChI=1S/2C4H4N2.2ClH/c2*1-2-6-4-3-5-1;;/h2*1-4H;2*1H. The highest BCUT2D eigenvalue weighted by Gasteiger charge is 1.59. The van der Waals surface area contributed by atoms with Gasteiger partial charge in [0.15, 0.2) is 0 Å². The molecular formula is C8H10Cl2N4. The van der Waals surface area contributed by atoms with Crippen molar-refractivity contribution in [2.24, 2.45) is 0 Å². The molecule has 2 rings (SSSR count). The predicted molar refractivity (Wildman–Crippen MR) is 58.6 cm³/mol. The van der Waals surface area contributed by atoms with Gasteiger partial charge in [0.1, 0.15) is 0 Å². The van der Waals surface area contributed by atoms with Gasteiger partial charge in [-0.2, -0.15) is 0 Å². The van der Waals surface area contributed by atoms with Crippen molar-refractivity contribution in [1.82, 2.24) is 19.9 Å². The average molecular weight is 233 g/mol. The largest absolute Gasteiger partial charge is 0.262 e. The van der Waals surface area contributed by atoms with Gasteiger partial charge in [-0.1, -0.05) is 0 Å². The first-order valence-corrected chi connectivity index (χ1v) is 3.40. The Kier molecular flexibility index (Phi) is 12.8. The normalized spacial score (nSPS) is 6.86. The number of aromatic nitrogens is 4. The van der Waals surface area contributed by atoms with Gasteiger partial charge in [-0.3, -0.25) is 19.9 Å².